The van der Waals surface area contributed by atoms with E-state index in [1.807, 2.05) is 17.5 Å². The number of amides is 2. The molecule has 0 fully saturated rings. The lowest BCUT2D eigenvalue weighted by Gasteiger charge is -2.08. The first-order valence-electron chi connectivity index (χ1n) is 6.36. The average molecular weight is 326 g/mol. The van der Waals surface area contributed by atoms with Gasteiger partial charge in [-0.2, -0.15) is 13.2 Å². The van der Waals surface area contributed by atoms with E-state index in [4.69, 9.17) is 0 Å². The molecule has 1 aromatic heterocycles. The molecule has 0 spiro atoms. The van der Waals surface area contributed by atoms with Gasteiger partial charge < -0.3 is 10.6 Å². The summed E-state index contributed by atoms with van der Waals surface area (Å²) in [6, 6.07) is 8.04. The van der Waals surface area contributed by atoms with E-state index in [2.05, 4.69) is 10.6 Å². The number of hydrogen-bond acceptors (Lipinski definition) is 2. The summed E-state index contributed by atoms with van der Waals surface area (Å²) < 4.78 is 37.2. The first-order chi connectivity index (χ1) is 10.4. The molecule has 2 amide bonds. The highest BCUT2D eigenvalue weighted by atomic mass is 32.1. The van der Waals surface area contributed by atoms with Gasteiger partial charge in [-0.05, 0) is 35.2 Å². The molecule has 0 unspecified atom stereocenters. The maximum atomic E-state index is 12.4. The molecule has 7 heteroatoms. The molecule has 2 aromatic rings. The second-order valence-electron chi connectivity index (χ2n) is 4.37. The third-order valence-electron chi connectivity index (χ3n) is 2.74. The predicted octanol–water partition coefficient (Wildman–Crippen LogP) is 4.24. The van der Waals surface area contributed by atoms with Gasteiger partial charge in [0.25, 0.3) is 0 Å². The lowest BCUT2D eigenvalue weighted by molar-refractivity contribution is -0.137. The number of rotatable bonds is 4. The van der Waals surface area contributed by atoms with Crippen LogP contribution in [0, 0.1) is 0 Å². The first-order valence-corrected chi connectivity index (χ1v) is 7.24. The number of thiophene rings is 1. The Morgan fingerprint density at radius 3 is 2.50 bits per heavy atom. The van der Waals surface area contributed by atoms with Crippen LogP contribution in [0.15, 0.2) is 48.0 Å². The van der Waals surface area contributed by atoms with Gasteiger partial charge in [-0.15, -0.1) is 11.3 Å². The van der Waals surface area contributed by atoms with Crippen molar-refractivity contribution >= 4 is 23.4 Å². The van der Waals surface area contributed by atoms with Gasteiger partial charge in [0.15, 0.2) is 0 Å². The summed E-state index contributed by atoms with van der Waals surface area (Å²) >= 11 is 1.54. The number of alkyl halides is 3. The molecule has 116 valence electrons. The molecule has 2 rings (SSSR count). The summed E-state index contributed by atoms with van der Waals surface area (Å²) in [7, 11) is 0. The fourth-order valence-electron chi connectivity index (χ4n) is 1.63. The Morgan fingerprint density at radius 1 is 1.18 bits per heavy atom. The SMILES string of the molecule is O=C(N/C=C/c1cccs1)NCc1ccc(C(F)(F)F)cc1. The van der Waals surface area contributed by atoms with E-state index >= 15 is 0 Å². The predicted molar refractivity (Wildman–Crippen MR) is 80.2 cm³/mol. The van der Waals surface area contributed by atoms with Crippen molar-refractivity contribution in [1.82, 2.24) is 10.6 Å². The number of carbonyl (C=O) groups excluding carboxylic acids is 1. The Kier molecular flexibility index (Phi) is 5.21. The van der Waals surface area contributed by atoms with Crippen molar-refractivity contribution in [2.45, 2.75) is 12.7 Å². The van der Waals surface area contributed by atoms with Crippen LogP contribution in [0.5, 0.6) is 0 Å². The monoisotopic (exact) mass is 326 g/mol. The van der Waals surface area contributed by atoms with Gasteiger partial charge in [0.05, 0.1) is 5.56 Å². The maximum Gasteiger partial charge on any atom is 0.416 e. The fourth-order valence-corrected chi connectivity index (χ4v) is 2.25. The van der Waals surface area contributed by atoms with Gasteiger partial charge in [-0.1, -0.05) is 18.2 Å². The lowest BCUT2D eigenvalue weighted by atomic mass is 10.1. The van der Waals surface area contributed by atoms with Gasteiger partial charge in [0.2, 0.25) is 0 Å². The minimum Gasteiger partial charge on any atom is -0.334 e. The van der Waals surface area contributed by atoms with Crippen molar-refractivity contribution in [2.24, 2.45) is 0 Å². The second-order valence-corrected chi connectivity index (χ2v) is 5.35. The highest BCUT2D eigenvalue weighted by molar-refractivity contribution is 7.10. The third kappa shape index (κ3) is 4.92. The van der Waals surface area contributed by atoms with E-state index < -0.39 is 17.8 Å². The molecule has 2 N–H and O–H groups in total. The standard InChI is InChI=1S/C15H13F3N2OS/c16-15(17,18)12-5-3-11(4-6-12)10-20-14(21)19-8-7-13-2-1-9-22-13/h1-9H,10H2,(H2,19,20,21)/b8-7+. The average Bonchev–Trinajstić information content (AvgIpc) is 2.98. The summed E-state index contributed by atoms with van der Waals surface area (Å²) in [6.07, 6.45) is -1.09. The summed E-state index contributed by atoms with van der Waals surface area (Å²) in [5.74, 6) is 0. The summed E-state index contributed by atoms with van der Waals surface area (Å²) in [5, 5.41) is 7.00. The van der Waals surface area contributed by atoms with Crippen molar-refractivity contribution in [3.8, 4) is 0 Å². The fraction of sp³-hybridized carbons (Fsp3) is 0.133. The molecular formula is C15H13F3N2OS. The Labute approximate surface area is 129 Å². The molecule has 0 atom stereocenters. The molecule has 3 nitrogen and oxygen atoms in total. The molecule has 0 aliphatic heterocycles. The van der Waals surface area contributed by atoms with Crippen LogP contribution in [-0.4, -0.2) is 6.03 Å². The molecule has 0 radical (unpaired) electrons. The van der Waals surface area contributed by atoms with Gasteiger partial charge in [0.1, 0.15) is 0 Å². The van der Waals surface area contributed by atoms with Crippen LogP contribution >= 0.6 is 11.3 Å². The van der Waals surface area contributed by atoms with E-state index in [0.717, 1.165) is 17.0 Å². The minimum absolute atomic E-state index is 0.150. The van der Waals surface area contributed by atoms with Crippen molar-refractivity contribution in [3.63, 3.8) is 0 Å². The number of hydrogen-bond donors (Lipinski definition) is 2. The number of halogens is 3. The van der Waals surface area contributed by atoms with E-state index in [0.29, 0.717) is 5.56 Å². The number of benzene rings is 1. The Morgan fingerprint density at radius 2 is 1.91 bits per heavy atom. The van der Waals surface area contributed by atoms with Crippen LogP contribution in [0.4, 0.5) is 18.0 Å². The zero-order valence-corrected chi connectivity index (χ0v) is 12.2. The molecule has 0 aliphatic rings. The lowest BCUT2D eigenvalue weighted by Crippen LogP contribution is -2.31. The third-order valence-corrected chi connectivity index (χ3v) is 3.58. The zero-order valence-electron chi connectivity index (χ0n) is 11.4. The van der Waals surface area contributed by atoms with Crippen molar-refractivity contribution < 1.29 is 18.0 Å². The van der Waals surface area contributed by atoms with Gasteiger partial charge in [-0.3, -0.25) is 0 Å². The number of nitrogens with one attached hydrogen (secondary N) is 2. The molecular weight excluding hydrogens is 313 g/mol. The van der Waals surface area contributed by atoms with Crippen LogP contribution in [-0.2, 0) is 12.7 Å². The van der Waals surface area contributed by atoms with Crippen molar-refractivity contribution in [1.29, 1.82) is 0 Å². The molecule has 0 saturated carbocycles. The van der Waals surface area contributed by atoms with Gasteiger partial charge in [-0.25, -0.2) is 4.79 Å². The summed E-state index contributed by atoms with van der Waals surface area (Å²) in [4.78, 5) is 12.5. The van der Waals surface area contributed by atoms with E-state index in [-0.39, 0.29) is 6.54 Å². The molecule has 0 aliphatic carbocycles. The Balaban J connectivity index is 1.78. The van der Waals surface area contributed by atoms with E-state index in [9.17, 15) is 18.0 Å². The van der Waals surface area contributed by atoms with Crippen molar-refractivity contribution in [2.75, 3.05) is 0 Å². The summed E-state index contributed by atoms with van der Waals surface area (Å²) in [6.45, 7) is 0.150. The quantitative estimate of drug-likeness (QED) is 0.867. The number of urea groups is 1. The molecule has 22 heavy (non-hydrogen) atoms. The largest absolute Gasteiger partial charge is 0.416 e. The maximum absolute atomic E-state index is 12.4. The Bertz CT molecular complexity index is 634. The van der Waals surface area contributed by atoms with Gasteiger partial charge in [0, 0.05) is 17.6 Å². The molecule has 0 bridgehead atoms. The topological polar surface area (TPSA) is 41.1 Å². The first kappa shape index (κ1) is 16.1. The zero-order chi connectivity index (χ0) is 16.0. The smallest absolute Gasteiger partial charge is 0.334 e. The normalized spacial score (nSPS) is 11.6. The van der Waals surface area contributed by atoms with Crippen LogP contribution < -0.4 is 10.6 Å². The van der Waals surface area contributed by atoms with Crippen LogP contribution in [0.1, 0.15) is 16.0 Å². The van der Waals surface area contributed by atoms with Gasteiger partial charge >= 0.3 is 12.2 Å². The summed E-state index contributed by atoms with van der Waals surface area (Å²) in [5.41, 5.74) is -0.120. The van der Waals surface area contributed by atoms with E-state index in [1.165, 1.54) is 29.7 Å². The Hall–Kier alpha value is -2.28. The minimum atomic E-state index is -4.35. The van der Waals surface area contributed by atoms with Crippen LogP contribution in [0.25, 0.3) is 6.08 Å². The van der Waals surface area contributed by atoms with E-state index in [1.54, 1.807) is 6.08 Å². The van der Waals surface area contributed by atoms with Crippen molar-refractivity contribution in [3.05, 3.63) is 64.0 Å². The van der Waals surface area contributed by atoms with Crippen LogP contribution in [0.2, 0.25) is 0 Å². The van der Waals surface area contributed by atoms with Crippen LogP contribution in [0.3, 0.4) is 0 Å². The highest BCUT2D eigenvalue weighted by Crippen LogP contribution is 2.28. The molecule has 1 aromatic carbocycles. The highest BCUT2D eigenvalue weighted by Gasteiger charge is 2.29. The number of carbonyl (C=O) groups is 1. The second kappa shape index (κ2) is 7.13. The molecule has 1 heterocycles. The molecule has 0 saturated heterocycles.